The Balaban J connectivity index is 4.22. The van der Waals surface area contributed by atoms with E-state index in [1.807, 2.05) is 5.32 Å². The number of likely N-dealkylation sites (N-methyl/N-ethyl adjacent to an activating group) is 1. The summed E-state index contributed by atoms with van der Waals surface area (Å²) in [5, 5.41) is 35.1. The molecule has 0 saturated heterocycles. The Morgan fingerprint density at radius 1 is 1.50 bits per heavy atom. The summed E-state index contributed by atoms with van der Waals surface area (Å²) >= 11 is 0. The quantitative estimate of drug-likeness (QED) is 0.280. The van der Waals surface area contributed by atoms with Gasteiger partial charge in [0.25, 0.3) is 0 Å². The van der Waals surface area contributed by atoms with Gasteiger partial charge in [0.05, 0.1) is 0 Å². The third-order valence-corrected chi connectivity index (χ3v) is 0.923. The maximum atomic E-state index is 10.0. The number of hydrogen-bond acceptors (Lipinski definition) is 5. The largest absolute Gasteiger partial charge is 0.480 e. The molecule has 10 heavy (non-hydrogen) atoms. The number of rotatable bonds is 3. The lowest BCUT2D eigenvalue weighted by molar-refractivity contribution is -0.323. The SMILES string of the molecule is CNC(C(=O)O)C(O)(O)O. The van der Waals surface area contributed by atoms with Crippen LogP contribution in [0.1, 0.15) is 0 Å². The lowest BCUT2D eigenvalue weighted by Gasteiger charge is -2.20. The molecule has 0 bridgehead atoms. The fourth-order valence-corrected chi connectivity index (χ4v) is 0.483. The van der Waals surface area contributed by atoms with Crippen LogP contribution in [0.4, 0.5) is 0 Å². The van der Waals surface area contributed by atoms with E-state index in [-0.39, 0.29) is 0 Å². The smallest absolute Gasteiger partial charge is 0.329 e. The van der Waals surface area contributed by atoms with E-state index in [4.69, 9.17) is 20.4 Å². The molecule has 0 rings (SSSR count). The fraction of sp³-hybridized carbons (Fsp3) is 0.750. The fourth-order valence-electron chi connectivity index (χ4n) is 0.483. The van der Waals surface area contributed by atoms with Crippen LogP contribution in [0.15, 0.2) is 0 Å². The van der Waals surface area contributed by atoms with Crippen LogP contribution in [0.25, 0.3) is 0 Å². The number of carboxylic acid groups (broad SMARTS) is 1. The monoisotopic (exact) mass is 151 g/mol. The molecule has 0 amide bonds. The topological polar surface area (TPSA) is 110 Å². The van der Waals surface area contributed by atoms with Crippen LogP contribution < -0.4 is 5.32 Å². The maximum absolute atomic E-state index is 10.0. The van der Waals surface area contributed by atoms with Gasteiger partial charge in [0.2, 0.25) is 0 Å². The molecule has 0 aliphatic heterocycles. The minimum atomic E-state index is -3.22. The number of carbonyl (C=O) groups is 1. The summed E-state index contributed by atoms with van der Waals surface area (Å²) in [4.78, 5) is 10.0. The molecule has 0 saturated carbocycles. The minimum Gasteiger partial charge on any atom is -0.480 e. The number of aliphatic hydroxyl groups is 3. The van der Waals surface area contributed by atoms with Crippen molar-refractivity contribution in [2.24, 2.45) is 0 Å². The highest BCUT2D eigenvalue weighted by atomic mass is 16.7. The average molecular weight is 151 g/mol. The van der Waals surface area contributed by atoms with E-state index in [9.17, 15) is 4.79 Å². The number of nitrogens with one attached hydrogen (secondary N) is 1. The Hall–Kier alpha value is -0.690. The van der Waals surface area contributed by atoms with Crippen molar-refractivity contribution in [1.82, 2.24) is 5.32 Å². The van der Waals surface area contributed by atoms with Crippen molar-refractivity contribution in [3.63, 3.8) is 0 Å². The summed E-state index contributed by atoms with van der Waals surface area (Å²) in [5.74, 6) is -4.77. The van der Waals surface area contributed by atoms with E-state index >= 15 is 0 Å². The summed E-state index contributed by atoms with van der Waals surface area (Å²) in [7, 11) is 1.18. The molecule has 0 aromatic rings. The first-order chi connectivity index (χ1) is 4.39. The van der Waals surface area contributed by atoms with E-state index in [0.717, 1.165) is 0 Å². The van der Waals surface area contributed by atoms with Gasteiger partial charge in [-0.05, 0) is 7.05 Å². The van der Waals surface area contributed by atoms with Crippen molar-refractivity contribution < 1.29 is 25.2 Å². The van der Waals surface area contributed by atoms with Gasteiger partial charge < -0.3 is 25.7 Å². The van der Waals surface area contributed by atoms with Crippen LogP contribution in [0.2, 0.25) is 0 Å². The maximum Gasteiger partial charge on any atom is 0.329 e. The number of carboxylic acids is 1. The van der Waals surface area contributed by atoms with E-state index in [0.29, 0.717) is 0 Å². The van der Waals surface area contributed by atoms with Crippen LogP contribution in [0.5, 0.6) is 0 Å². The molecule has 1 unspecified atom stereocenters. The standard InChI is InChI=1S/C4H9NO5/c1-5-2(3(6)7)4(8,9)10/h2,5,8-10H,1H3,(H,6,7). The van der Waals surface area contributed by atoms with E-state index in [1.54, 1.807) is 0 Å². The lowest BCUT2D eigenvalue weighted by Crippen LogP contribution is -2.54. The predicted octanol–water partition coefficient (Wildman–Crippen LogP) is -2.71. The third kappa shape index (κ3) is 2.28. The first-order valence-electron chi connectivity index (χ1n) is 2.46. The summed E-state index contributed by atoms with van der Waals surface area (Å²) < 4.78 is 0. The molecule has 6 nitrogen and oxygen atoms in total. The zero-order valence-corrected chi connectivity index (χ0v) is 5.27. The van der Waals surface area contributed by atoms with Gasteiger partial charge in [-0.3, -0.25) is 4.79 Å². The predicted molar refractivity (Wildman–Crippen MR) is 29.9 cm³/mol. The second-order valence-corrected chi connectivity index (χ2v) is 1.75. The van der Waals surface area contributed by atoms with Crippen molar-refractivity contribution in [1.29, 1.82) is 0 Å². The summed E-state index contributed by atoms with van der Waals surface area (Å²) in [6.45, 7) is 0. The van der Waals surface area contributed by atoms with Crippen molar-refractivity contribution in [3.8, 4) is 0 Å². The molecule has 0 spiro atoms. The van der Waals surface area contributed by atoms with E-state index in [2.05, 4.69) is 0 Å². The first kappa shape index (κ1) is 9.31. The molecule has 5 N–H and O–H groups in total. The zero-order chi connectivity index (χ0) is 8.36. The first-order valence-corrected chi connectivity index (χ1v) is 2.46. The highest BCUT2D eigenvalue weighted by Crippen LogP contribution is 2.00. The molecule has 0 heterocycles. The molecule has 0 radical (unpaired) electrons. The van der Waals surface area contributed by atoms with Gasteiger partial charge in [-0.2, -0.15) is 0 Å². The Bertz CT molecular complexity index is 128. The molecule has 0 aliphatic carbocycles. The normalized spacial score (nSPS) is 14.8. The van der Waals surface area contributed by atoms with Crippen LogP contribution >= 0.6 is 0 Å². The van der Waals surface area contributed by atoms with Gasteiger partial charge in [0.1, 0.15) is 0 Å². The molecule has 60 valence electrons. The third-order valence-electron chi connectivity index (χ3n) is 0.923. The van der Waals surface area contributed by atoms with Gasteiger partial charge in [-0.25, -0.2) is 0 Å². The van der Waals surface area contributed by atoms with Gasteiger partial charge in [0.15, 0.2) is 6.04 Å². The molecular formula is C4H9NO5. The van der Waals surface area contributed by atoms with Gasteiger partial charge >= 0.3 is 11.9 Å². The van der Waals surface area contributed by atoms with Crippen molar-refractivity contribution in [2.45, 2.75) is 12.0 Å². The van der Waals surface area contributed by atoms with Gasteiger partial charge in [-0.15, -0.1) is 0 Å². The average Bonchev–Trinajstić information content (AvgIpc) is 1.60. The molecule has 6 heteroatoms. The van der Waals surface area contributed by atoms with Crippen LogP contribution in [-0.2, 0) is 4.79 Å². The van der Waals surface area contributed by atoms with Crippen LogP contribution in [0, 0.1) is 0 Å². The van der Waals surface area contributed by atoms with Crippen LogP contribution in [-0.4, -0.2) is 45.5 Å². The Kier molecular flexibility index (Phi) is 2.73. The Labute approximate surface area is 56.7 Å². The molecule has 0 aromatic heterocycles. The molecule has 0 fully saturated rings. The van der Waals surface area contributed by atoms with Crippen molar-refractivity contribution >= 4 is 5.97 Å². The highest BCUT2D eigenvalue weighted by molar-refractivity contribution is 5.74. The Morgan fingerprint density at radius 2 is 1.90 bits per heavy atom. The van der Waals surface area contributed by atoms with Crippen molar-refractivity contribution in [2.75, 3.05) is 7.05 Å². The van der Waals surface area contributed by atoms with E-state index < -0.39 is 18.0 Å². The zero-order valence-electron chi connectivity index (χ0n) is 5.27. The Morgan fingerprint density at radius 3 is 1.90 bits per heavy atom. The van der Waals surface area contributed by atoms with E-state index in [1.165, 1.54) is 7.05 Å². The van der Waals surface area contributed by atoms with Gasteiger partial charge in [-0.1, -0.05) is 0 Å². The van der Waals surface area contributed by atoms with Crippen molar-refractivity contribution in [3.05, 3.63) is 0 Å². The molecule has 0 aliphatic rings. The molecule has 0 aromatic carbocycles. The van der Waals surface area contributed by atoms with Crippen LogP contribution in [0.3, 0.4) is 0 Å². The second-order valence-electron chi connectivity index (χ2n) is 1.75. The summed E-state index contributed by atoms with van der Waals surface area (Å²) in [5.41, 5.74) is 0. The molecular weight excluding hydrogens is 142 g/mol. The minimum absolute atomic E-state index is 1.18. The highest BCUT2D eigenvalue weighted by Gasteiger charge is 2.36. The van der Waals surface area contributed by atoms with Gasteiger partial charge in [0, 0.05) is 0 Å². The summed E-state index contributed by atoms with van der Waals surface area (Å²) in [6, 6.07) is -1.80. The lowest BCUT2D eigenvalue weighted by atomic mass is 10.2. The number of aliphatic carboxylic acids is 1. The molecule has 1 atom stereocenters. The second kappa shape index (κ2) is 2.93. The summed E-state index contributed by atoms with van der Waals surface area (Å²) in [6.07, 6.45) is 0. The number of hydrogen-bond donors (Lipinski definition) is 5.